The molecular weight excluding hydrogens is 206 g/mol. The van der Waals surface area contributed by atoms with Crippen LogP contribution in [0.4, 0.5) is 4.79 Å². The average Bonchev–Trinajstić information content (AvgIpc) is 2.68. The number of hydrogen-bond donors (Lipinski definition) is 0. The number of nitrogens with zero attached hydrogens (tertiary/aromatic N) is 3. The molecule has 0 aromatic carbocycles. The lowest BCUT2D eigenvalue weighted by Crippen LogP contribution is -2.14. The second-order valence-electron chi connectivity index (χ2n) is 3.49. The van der Waals surface area contributed by atoms with Crippen molar-refractivity contribution in [3.8, 4) is 0 Å². The molecule has 0 atom stereocenters. The van der Waals surface area contributed by atoms with Gasteiger partial charge in [-0.1, -0.05) is 6.92 Å². The van der Waals surface area contributed by atoms with Gasteiger partial charge in [-0.3, -0.25) is 0 Å². The highest BCUT2D eigenvalue weighted by Crippen LogP contribution is 2.17. The zero-order valence-electron chi connectivity index (χ0n) is 9.52. The fraction of sp³-hybridized carbons (Fsp3) is 0.364. The van der Waals surface area contributed by atoms with Crippen LogP contribution in [0.1, 0.15) is 18.3 Å². The number of fused-ring (bicyclic) bond motifs is 1. The molecule has 84 valence electrons. The quantitative estimate of drug-likeness (QED) is 0.735. The monoisotopic (exact) mass is 219 g/mol. The van der Waals surface area contributed by atoms with E-state index in [-0.39, 0.29) is 0 Å². The Balaban J connectivity index is 2.78. The molecule has 0 unspecified atom stereocenters. The van der Waals surface area contributed by atoms with Gasteiger partial charge in [-0.2, -0.15) is 0 Å². The maximum Gasteiger partial charge on any atom is 0.420 e. The third kappa shape index (κ3) is 1.44. The Morgan fingerprint density at radius 1 is 1.56 bits per heavy atom. The third-order valence-electron chi connectivity index (χ3n) is 2.49. The number of aromatic nitrogens is 3. The summed E-state index contributed by atoms with van der Waals surface area (Å²) in [5.41, 5.74) is 2.32. The zero-order chi connectivity index (χ0) is 11.7. The van der Waals surface area contributed by atoms with E-state index in [0.29, 0.717) is 17.9 Å². The second kappa shape index (κ2) is 3.92. The Kier molecular flexibility index (Phi) is 2.60. The van der Waals surface area contributed by atoms with Crippen LogP contribution in [0.2, 0.25) is 0 Å². The number of carbonyl (C=O) groups is 1. The molecule has 2 aromatic rings. The van der Waals surface area contributed by atoms with Gasteiger partial charge in [0.25, 0.3) is 0 Å². The van der Waals surface area contributed by atoms with Gasteiger partial charge in [0, 0.05) is 12.6 Å². The standard InChI is InChI=1S/C11H13N3O2/c1-4-8-13-9-7(2)5-6-12-10(9)14(8)11(15)16-3/h5-6H,4H2,1-3H3. The highest BCUT2D eigenvalue weighted by atomic mass is 16.5. The summed E-state index contributed by atoms with van der Waals surface area (Å²) < 4.78 is 6.15. The van der Waals surface area contributed by atoms with E-state index in [1.54, 1.807) is 6.20 Å². The first-order valence-electron chi connectivity index (χ1n) is 5.10. The summed E-state index contributed by atoms with van der Waals surface area (Å²) in [6, 6.07) is 1.87. The van der Waals surface area contributed by atoms with Crippen molar-refractivity contribution < 1.29 is 9.53 Å². The summed E-state index contributed by atoms with van der Waals surface area (Å²) in [7, 11) is 1.35. The van der Waals surface area contributed by atoms with Crippen molar-refractivity contribution in [1.82, 2.24) is 14.5 Å². The fourth-order valence-electron chi connectivity index (χ4n) is 1.66. The van der Waals surface area contributed by atoms with Gasteiger partial charge >= 0.3 is 6.09 Å². The van der Waals surface area contributed by atoms with E-state index in [4.69, 9.17) is 4.74 Å². The third-order valence-corrected chi connectivity index (χ3v) is 2.49. The van der Waals surface area contributed by atoms with Crippen molar-refractivity contribution in [3.05, 3.63) is 23.7 Å². The molecule has 0 fully saturated rings. The molecule has 0 aliphatic rings. The Labute approximate surface area is 93.1 Å². The summed E-state index contributed by atoms with van der Waals surface area (Å²) in [5.74, 6) is 0.670. The SMILES string of the molecule is CCc1nc2c(C)ccnc2n1C(=O)OC. The molecule has 0 bridgehead atoms. The first kappa shape index (κ1) is 10.6. The molecule has 0 amide bonds. The summed E-state index contributed by atoms with van der Waals surface area (Å²) >= 11 is 0. The summed E-state index contributed by atoms with van der Waals surface area (Å²) in [5, 5.41) is 0. The van der Waals surface area contributed by atoms with Crippen molar-refractivity contribution in [2.24, 2.45) is 0 Å². The van der Waals surface area contributed by atoms with Crippen LogP contribution in [0.3, 0.4) is 0 Å². The first-order chi connectivity index (χ1) is 7.69. The van der Waals surface area contributed by atoms with E-state index < -0.39 is 6.09 Å². The second-order valence-corrected chi connectivity index (χ2v) is 3.49. The molecule has 0 aliphatic heterocycles. The lowest BCUT2D eigenvalue weighted by Gasteiger charge is -2.03. The lowest BCUT2D eigenvalue weighted by atomic mass is 10.3. The predicted molar refractivity (Wildman–Crippen MR) is 59.4 cm³/mol. The first-order valence-corrected chi connectivity index (χ1v) is 5.10. The van der Waals surface area contributed by atoms with Gasteiger partial charge in [-0.05, 0) is 18.6 Å². The molecule has 0 saturated carbocycles. The Hall–Kier alpha value is -1.91. The van der Waals surface area contributed by atoms with Crippen molar-refractivity contribution >= 4 is 17.3 Å². The number of methoxy groups -OCH3 is 1. The van der Waals surface area contributed by atoms with E-state index in [0.717, 1.165) is 11.1 Å². The normalized spacial score (nSPS) is 10.7. The van der Waals surface area contributed by atoms with E-state index in [2.05, 4.69) is 9.97 Å². The van der Waals surface area contributed by atoms with E-state index in [1.807, 2.05) is 19.9 Å². The van der Waals surface area contributed by atoms with E-state index in [1.165, 1.54) is 11.7 Å². The predicted octanol–water partition coefficient (Wildman–Crippen LogP) is 1.92. The molecule has 0 saturated heterocycles. The number of rotatable bonds is 1. The summed E-state index contributed by atoms with van der Waals surface area (Å²) in [6.45, 7) is 3.88. The van der Waals surface area contributed by atoms with Crippen LogP contribution in [-0.4, -0.2) is 27.7 Å². The van der Waals surface area contributed by atoms with Crippen molar-refractivity contribution in [3.63, 3.8) is 0 Å². The van der Waals surface area contributed by atoms with Gasteiger partial charge in [-0.15, -0.1) is 0 Å². The van der Waals surface area contributed by atoms with Crippen molar-refractivity contribution in [1.29, 1.82) is 0 Å². The molecule has 0 radical (unpaired) electrons. The Morgan fingerprint density at radius 3 is 2.94 bits per heavy atom. The topological polar surface area (TPSA) is 57.0 Å². The number of aryl methyl sites for hydroxylation is 2. The molecule has 0 spiro atoms. The van der Waals surface area contributed by atoms with Crippen molar-refractivity contribution in [2.45, 2.75) is 20.3 Å². The Bertz CT molecular complexity index is 545. The largest absolute Gasteiger partial charge is 0.452 e. The molecule has 0 aliphatic carbocycles. The van der Waals surface area contributed by atoms with Crippen LogP contribution >= 0.6 is 0 Å². The number of carbonyl (C=O) groups excluding carboxylic acids is 1. The van der Waals surface area contributed by atoms with Gasteiger partial charge < -0.3 is 4.74 Å². The van der Waals surface area contributed by atoms with Gasteiger partial charge in [0.15, 0.2) is 5.65 Å². The molecule has 16 heavy (non-hydrogen) atoms. The molecule has 5 nitrogen and oxygen atoms in total. The molecule has 2 rings (SSSR count). The minimum absolute atomic E-state index is 0.447. The van der Waals surface area contributed by atoms with Crippen LogP contribution in [0.15, 0.2) is 12.3 Å². The van der Waals surface area contributed by atoms with Gasteiger partial charge in [-0.25, -0.2) is 19.3 Å². The van der Waals surface area contributed by atoms with Crippen LogP contribution in [0, 0.1) is 6.92 Å². The summed E-state index contributed by atoms with van der Waals surface area (Å²) in [6.07, 6.45) is 1.88. The zero-order valence-corrected chi connectivity index (χ0v) is 9.52. The Morgan fingerprint density at radius 2 is 2.31 bits per heavy atom. The fourth-order valence-corrected chi connectivity index (χ4v) is 1.66. The van der Waals surface area contributed by atoms with E-state index >= 15 is 0 Å². The van der Waals surface area contributed by atoms with E-state index in [9.17, 15) is 4.79 Å². The minimum atomic E-state index is -0.447. The van der Waals surface area contributed by atoms with Gasteiger partial charge in [0.2, 0.25) is 0 Å². The lowest BCUT2D eigenvalue weighted by molar-refractivity contribution is 0.173. The summed E-state index contributed by atoms with van der Waals surface area (Å²) in [4.78, 5) is 20.2. The molecule has 0 N–H and O–H groups in total. The number of pyridine rings is 1. The maximum atomic E-state index is 11.6. The smallest absolute Gasteiger partial charge is 0.420 e. The van der Waals surface area contributed by atoms with Crippen LogP contribution in [-0.2, 0) is 11.2 Å². The van der Waals surface area contributed by atoms with Gasteiger partial charge in [0.1, 0.15) is 11.3 Å². The maximum absolute atomic E-state index is 11.6. The van der Waals surface area contributed by atoms with Crippen LogP contribution in [0.5, 0.6) is 0 Å². The number of ether oxygens (including phenoxy) is 1. The molecule has 5 heteroatoms. The number of imidazole rings is 1. The highest BCUT2D eigenvalue weighted by molar-refractivity contribution is 5.86. The molecular formula is C11H13N3O2. The average molecular weight is 219 g/mol. The molecule has 2 heterocycles. The van der Waals surface area contributed by atoms with Gasteiger partial charge in [0.05, 0.1) is 7.11 Å². The number of hydrogen-bond acceptors (Lipinski definition) is 4. The molecule has 2 aromatic heterocycles. The van der Waals surface area contributed by atoms with Crippen LogP contribution in [0.25, 0.3) is 11.2 Å². The highest BCUT2D eigenvalue weighted by Gasteiger charge is 2.17. The minimum Gasteiger partial charge on any atom is -0.452 e. The van der Waals surface area contributed by atoms with Crippen LogP contribution < -0.4 is 0 Å². The van der Waals surface area contributed by atoms with Crippen molar-refractivity contribution in [2.75, 3.05) is 7.11 Å².